The zero-order chi connectivity index (χ0) is 13.0. The molecule has 0 amide bonds. The lowest BCUT2D eigenvalue weighted by molar-refractivity contribution is 0.223. The third-order valence-electron chi connectivity index (χ3n) is 3.89. The van der Waals surface area contributed by atoms with Gasteiger partial charge in [0, 0.05) is 11.1 Å². The van der Waals surface area contributed by atoms with Crippen LogP contribution in [-0.4, -0.2) is 32.1 Å². The molecule has 100 valence electrons. The molecule has 1 aliphatic heterocycles. The molecule has 1 aliphatic rings. The molecule has 1 N–H and O–H groups in total. The molecule has 2 rings (SSSR count). The predicted octanol–water partition coefficient (Wildman–Crippen LogP) is 3.33. The molecule has 1 atom stereocenters. The molecule has 1 aromatic carbocycles. The average Bonchev–Trinajstić information content (AvgIpc) is 2.38. The Morgan fingerprint density at radius 3 is 2.39 bits per heavy atom. The van der Waals surface area contributed by atoms with Crippen molar-refractivity contribution in [1.29, 1.82) is 0 Å². The molecule has 1 heterocycles. The fourth-order valence-corrected chi connectivity index (χ4v) is 2.89. The number of piperidine rings is 1. The van der Waals surface area contributed by atoms with Crippen LogP contribution in [0.5, 0.6) is 0 Å². The Hall–Kier alpha value is -0.570. The van der Waals surface area contributed by atoms with E-state index < -0.39 is 0 Å². The molecule has 1 unspecified atom stereocenters. The van der Waals surface area contributed by atoms with Crippen LogP contribution in [0.15, 0.2) is 24.3 Å². The van der Waals surface area contributed by atoms with Crippen molar-refractivity contribution in [2.45, 2.75) is 25.3 Å². The van der Waals surface area contributed by atoms with E-state index in [4.69, 9.17) is 11.6 Å². The first-order valence-electron chi connectivity index (χ1n) is 6.79. The average molecular weight is 267 g/mol. The molecule has 0 spiro atoms. The highest BCUT2D eigenvalue weighted by Crippen LogP contribution is 2.30. The molecular weight excluding hydrogens is 244 g/mol. The Balaban J connectivity index is 2.05. The maximum atomic E-state index is 5.97. The number of benzene rings is 1. The van der Waals surface area contributed by atoms with Gasteiger partial charge in [-0.1, -0.05) is 23.7 Å². The Labute approximate surface area is 115 Å². The number of nitrogens with zero attached hydrogens (tertiary/aromatic N) is 1. The van der Waals surface area contributed by atoms with Crippen molar-refractivity contribution >= 4 is 11.6 Å². The van der Waals surface area contributed by atoms with Gasteiger partial charge in [-0.3, -0.25) is 0 Å². The zero-order valence-electron chi connectivity index (χ0n) is 11.3. The van der Waals surface area contributed by atoms with E-state index in [0.29, 0.717) is 6.04 Å². The Morgan fingerprint density at radius 1 is 1.22 bits per heavy atom. The van der Waals surface area contributed by atoms with Crippen LogP contribution in [0.3, 0.4) is 0 Å². The molecule has 1 fully saturated rings. The lowest BCUT2D eigenvalue weighted by Crippen LogP contribution is -2.31. The molecule has 18 heavy (non-hydrogen) atoms. The second kappa shape index (κ2) is 6.55. The van der Waals surface area contributed by atoms with Crippen LogP contribution in [0.1, 0.15) is 30.9 Å². The summed E-state index contributed by atoms with van der Waals surface area (Å²) in [4.78, 5) is 2.32. The van der Waals surface area contributed by atoms with Gasteiger partial charge in [-0.15, -0.1) is 0 Å². The van der Waals surface area contributed by atoms with Crippen LogP contribution >= 0.6 is 11.6 Å². The van der Waals surface area contributed by atoms with Gasteiger partial charge in [0.15, 0.2) is 0 Å². The fraction of sp³-hybridized carbons (Fsp3) is 0.600. The summed E-state index contributed by atoms with van der Waals surface area (Å²) >= 11 is 5.97. The van der Waals surface area contributed by atoms with Gasteiger partial charge in [0.25, 0.3) is 0 Å². The molecular formula is C15H23ClN2. The van der Waals surface area contributed by atoms with E-state index >= 15 is 0 Å². The maximum absolute atomic E-state index is 5.97. The highest BCUT2D eigenvalue weighted by molar-refractivity contribution is 6.30. The Bertz CT molecular complexity index is 355. The van der Waals surface area contributed by atoms with Crippen molar-refractivity contribution in [3.05, 3.63) is 34.9 Å². The fourth-order valence-electron chi connectivity index (χ4n) is 2.76. The van der Waals surface area contributed by atoms with Crippen molar-refractivity contribution in [2.24, 2.45) is 5.92 Å². The van der Waals surface area contributed by atoms with Gasteiger partial charge in [0.1, 0.15) is 0 Å². The minimum absolute atomic E-state index is 0.505. The van der Waals surface area contributed by atoms with Crippen LogP contribution in [0.2, 0.25) is 5.02 Å². The molecule has 3 heteroatoms. The lowest BCUT2D eigenvalue weighted by Gasteiger charge is -2.31. The first-order valence-corrected chi connectivity index (χ1v) is 7.17. The standard InChI is InChI=1S/C15H23ClN2/c1-18(2)15(11-12-7-9-17-10-8-12)13-3-5-14(16)6-4-13/h3-6,12,15,17H,7-11H2,1-2H3. The molecule has 0 aromatic heterocycles. The van der Waals surface area contributed by atoms with E-state index in [1.807, 2.05) is 12.1 Å². The molecule has 1 saturated heterocycles. The van der Waals surface area contributed by atoms with E-state index in [0.717, 1.165) is 10.9 Å². The van der Waals surface area contributed by atoms with Crippen molar-refractivity contribution in [2.75, 3.05) is 27.2 Å². The summed E-state index contributed by atoms with van der Waals surface area (Å²) in [5, 5.41) is 4.25. The molecule has 0 aliphatic carbocycles. The van der Waals surface area contributed by atoms with Crippen molar-refractivity contribution in [3.63, 3.8) is 0 Å². The normalized spacial score (nSPS) is 19.1. The van der Waals surface area contributed by atoms with Crippen molar-refractivity contribution in [1.82, 2.24) is 10.2 Å². The first-order chi connectivity index (χ1) is 8.66. The molecule has 2 nitrogen and oxygen atoms in total. The quantitative estimate of drug-likeness (QED) is 0.899. The predicted molar refractivity (Wildman–Crippen MR) is 78.1 cm³/mol. The van der Waals surface area contributed by atoms with E-state index in [1.54, 1.807) is 0 Å². The van der Waals surface area contributed by atoms with Gasteiger partial charge in [0.05, 0.1) is 0 Å². The van der Waals surface area contributed by atoms with E-state index in [1.165, 1.54) is 37.9 Å². The number of rotatable bonds is 4. The maximum Gasteiger partial charge on any atom is 0.0406 e. The summed E-state index contributed by atoms with van der Waals surface area (Å²) in [7, 11) is 4.33. The van der Waals surface area contributed by atoms with Gasteiger partial charge in [0.2, 0.25) is 0 Å². The molecule has 0 bridgehead atoms. The van der Waals surface area contributed by atoms with Crippen LogP contribution in [0, 0.1) is 5.92 Å². The molecule has 0 radical (unpaired) electrons. The minimum atomic E-state index is 0.505. The number of hydrogen-bond donors (Lipinski definition) is 1. The van der Waals surface area contributed by atoms with Gasteiger partial charge < -0.3 is 10.2 Å². The molecule has 1 aromatic rings. The number of halogens is 1. The highest BCUT2D eigenvalue weighted by atomic mass is 35.5. The van der Waals surface area contributed by atoms with E-state index in [9.17, 15) is 0 Å². The topological polar surface area (TPSA) is 15.3 Å². The Kier molecular flexibility index (Phi) is 5.04. The minimum Gasteiger partial charge on any atom is -0.317 e. The number of hydrogen-bond acceptors (Lipinski definition) is 2. The zero-order valence-corrected chi connectivity index (χ0v) is 12.1. The summed E-state index contributed by atoms with van der Waals surface area (Å²) in [6.07, 6.45) is 3.85. The monoisotopic (exact) mass is 266 g/mol. The summed E-state index contributed by atoms with van der Waals surface area (Å²) in [5.41, 5.74) is 1.38. The third kappa shape index (κ3) is 3.71. The lowest BCUT2D eigenvalue weighted by atomic mass is 9.88. The Morgan fingerprint density at radius 2 is 1.83 bits per heavy atom. The smallest absolute Gasteiger partial charge is 0.0406 e. The summed E-state index contributed by atoms with van der Waals surface area (Å²) in [6, 6.07) is 8.82. The highest BCUT2D eigenvalue weighted by Gasteiger charge is 2.21. The second-order valence-corrected chi connectivity index (χ2v) is 5.90. The van der Waals surface area contributed by atoms with Gasteiger partial charge in [-0.2, -0.15) is 0 Å². The van der Waals surface area contributed by atoms with Crippen molar-refractivity contribution in [3.8, 4) is 0 Å². The molecule has 0 saturated carbocycles. The second-order valence-electron chi connectivity index (χ2n) is 5.46. The van der Waals surface area contributed by atoms with Crippen LogP contribution in [0.4, 0.5) is 0 Å². The van der Waals surface area contributed by atoms with Crippen LogP contribution < -0.4 is 5.32 Å². The first kappa shape index (κ1) is 13.9. The van der Waals surface area contributed by atoms with Crippen LogP contribution in [-0.2, 0) is 0 Å². The SMILES string of the molecule is CN(C)C(CC1CCNCC1)c1ccc(Cl)cc1. The summed E-state index contributed by atoms with van der Waals surface area (Å²) in [6.45, 7) is 2.34. The third-order valence-corrected chi connectivity index (χ3v) is 4.15. The van der Waals surface area contributed by atoms with Gasteiger partial charge in [-0.05, 0) is 70.1 Å². The van der Waals surface area contributed by atoms with E-state index in [-0.39, 0.29) is 0 Å². The number of nitrogens with one attached hydrogen (secondary N) is 1. The van der Waals surface area contributed by atoms with E-state index in [2.05, 4.69) is 36.4 Å². The summed E-state index contributed by atoms with van der Waals surface area (Å²) in [5.74, 6) is 0.842. The summed E-state index contributed by atoms with van der Waals surface area (Å²) < 4.78 is 0. The van der Waals surface area contributed by atoms with Crippen LogP contribution in [0.25, 0.3) is 0 Å². The van der Waals surface area contributed by atoms with Crippen molar-refractivity contribution < 1.29 is 0 Å². The van der Waals surface area contributed by atoms with Gasteiger partial charge in [-0.25, -0.2) is 0 Å². The largest absolute Gasteiger partial charge is 0.317 e. The van der Waals surface area contributed by atoms with Gasteiger partial charge >= 0.3 is 0 Å².